The molecule has 1 unspecified atom stereocenters. The number of aliphatic hydroxyl groups excluding tert-OH is 1. The molecule has 0 aliphatic carbocycles. The Balaban J connectivity index is 1.73. The van der Waals surface area contributed by atoms with Crippen LogP contribution in [0.4, 0.5) is 0 Å². The summed E-state index contributed by atoms with van der Waals surface area (Å²) in [5.74, 6) is 0.657. The molecule has 1 atom stereocenters. The van der Waals surface area contributed by atoms with Crippen LogP contribution in [0.5, 0.6) is 11.5 Å². The summed E-state index contributed by atoms with van der Waals surface area (Å²) in [5.41, 5.74) is 2.18. The van der Waals surface area contributed by atoms with Crippen LogP contribution >= 0.6 is 0 Å². The number of para-hydroxylation sites is 2. The molecule has 0 aliphatic heterocycles. The number of phenolic OH excluding ortho intramolecular Hbond substituents is 1. The van der Waals surface area contributed by atoms with Gasteiger partial charge in [0.1, 0.15) is 24.2 Å². The Morgan fingerprint density at radius 3 is 2.20 bits per heavy atom. The van der Waals surface area contributed by atoms with Crippen molar-refractivity contribution in [3.63, 3.8) is 0 Å². The first-order chi connectivity index (χ1) is 12.3. The highest BCUT2D eigenvalue weighted by molar-refractivity contribution is 5.49. The minimum Gasteiger partial charge on any atom is -0.508 e. The summed E-state index contributed by atoms with van der Waals surface area (Å²) in [4.78, 5) is 0. The van der Waals surface area contributed by atoms with Crippen molar-refractivity contribution in [3.05, 3.63) is 102 Å². The Morgan fingerprint density at radius 1 is 0.800 bits per heavy atom. The molecule has 0 bridgehead atoms. The zero-order valence-corrected chi connectivity index (χ0v) is 13.7. The van der Waals surface area contributed by atoms with E-state index in [0.29, 0.717) is 23.5 Å². The van der Waals surface area contributed by atoms with Crippen molar-refractivity contribution in [2.75, 3.05) is 6.61 Å². The monoisotopic (exact) mass is 332 g/mol. The molecule has 3 heteroatoms. The lowest BCUT2D eigenvalue weighted by Gasteiger charge is -2.16. The van der Waals surface area contributed by atoms with Gasteiger partial charge in [-0.3, -0.25) is 0 Å². The first kappa shape index (κ1) is 16.8. The molecule has 3 aromatic carbocycles. The van der Waals surface area contributed by atoms with E-state index in [1.807, 2.05) is 60.7 Å². The van der Waals surface area contributed by atoms with E-state index in [9.17, 15) is 10.2 Å². The van der Waals surface area contributed by atoms with Crippen LogP contribution in [0.15, 0.2) is 84.9 Å². The van der Waals surface area contributed by atoms with Gasteiger partial charge in [0.25, 0.3) is 0 Å². The van der Waals surface area contributed by atoms with Gasteiger partial charge in [-0.15, -0.1) is 0 Å². The first-order valence-electron chi connectivity index (χ1n) is 8.15. The van der Waals surface area contributed by atoms with Crippen molar-refractivity contribution in [2.45, 2.75) is 6.10 Å². The van der Waals surface area contributed by atoms with E-state index in [1.54, 1.807) is 30.3 Å². The number of rotatable bonds is 6. The number of phenols is 1. The summed E-state index contributed by atoms with van der Waals surface area (Å²) >= 11 is 0. The summed E-state index contributed by atoms with van der Waals surface area (Å²) in [7, 11) is 0. The Hall–Kier alpha value is -3.04. The first-order valence-corrected chi connectivity index (χ1v) is 8.15. The molecule has 0 fully saturated rings. The summed E-state index contributed by atoms with van der Waals surface area (Å²) in [6, 6.07) is 24.1. The van der Waals surface area contributed by atoms with Gasteiger partial charge >= 0.3 is 0 Å². The highest BCUT2D eigenvalue weighted by Crippen LogP contribution is 2.33. The van der Waals surface area contributed by atoms with Crippen molar-refractivity contribution < 1.29 is 14.9 Å². The smallest absolute Gasteiger partial charge is 0.125 e. The van der Waals surface area contributed by atoms with E-state index < -0.39 is 6.10 Å². The Bertz CT molecular complexity index is 841. The molecule has 0 aliphatic rings. The number of hydrogen-bond donors (Lipinski definition) is 2. The van der Waals surface area contributed by atoms with Crippen molar-refractivity contribution in [2.24, 2.45) is 0 Å². The molecule has 25 heavy (non-hydrogen) atoms. The molecule has 0 aromatic heterocycles. The van der Waals surface area contributed by atoms with Crippen molar-refractivity contribution >= 4 is 6.08 Å². The van der Waals surface area contributed by atoms with Crippen molar-refractivity contribution in [3.8, 4) is 11.5 Å². The van der Waals surface area contributed by atoms with Crippen LogP contribution in [0.25, 0.3) is 6.08 Å². The summed E-state index contributed by atoms with van der Waals surface area (Å²) in [5, 5.41) is 20.6. The third-order valence-corrected chi connectivity index (χ3v) is 3.89. The average Bonchev–Trinajstić information content (AvgIpc) is 2.66. The highest BCUT2D eigenvalue weighted by Gasteiger charge is 2.17. The predicted molar refractivity (Wildman–Crippen MR) is 99.6 cm³/mol. The van der Waals surface area contributed by atoms with Gasteiger partial charge in [0.2, 0.25) is 0 Å². The number of hydrogen-bond acceptors (Lipinski definition) is 3. The average molecular weight is 332 g/mol. The number of aliphatic hydroxyl groups is 1. The SMILES string of the molecule is Oc1ccccc1C(O)c1ccccc1OC/C=C/c1ccccc1. The summed E-state index contributed by atoms with van der Waals surface area (Å²) in [6.07, 6.45) is 2.97. The van der Waals surface area contributed by atoms with Gasteiger partial charge in [-0.25, -0.2) is 0 Å². The zero-order chi connectivity index (χ0) is 17.5. The van der Waals surface area contributed by atoms with Gasteiger partial charge < -0.3 is 14.9 Å². The minimum absolute atomic E-state index is 0.0637. The van der Waals surface area contributed by atoms with E-state index in [4.69, 9.17) is 4.74 Å². The molecule has 0 saturated carbocycles. The molecular weight excluding hydrogens is 312 g/mol. The maximum Gasteiger partial charge on any atom is 0.125 e. The van der Waals surface area contributed by atoms with E-state index >= 15 is 0 Å². The second-order valence-corrected chi connectivity index (χ2v) is 5.62. The molecular formula is C22H20O3. The molecule has 0 amide bonds. The Kier molecular flexibility index (Phi) is 5.50. The molecule has 0 saturated heterocycles. The highest BCUT2D eigenvalue weighted by atomic mass is 16.5. The van der Waals surface area contributed by atoms with Gasteiger partial charge in [0.15, 0.2) is 0 Å². The van der Waals surface area contributed by atoms with Crippen LogP contribution in [0, 0.1) is 0 Å². The van der Waals surface area contributed by atoms with E-state index in [0.717, 1.165) is 5.56 Å². The topological polar surface area (TPSA) is 49.7 Å². The number of benzene rings is 3. The van der Waals surface area contributed by atoms with Crippen LogP contribution in [-0.2, 0) is 0 Å². The van der Waals surface area contributed by atoms with Crippen molar-refractivity contribution in [1.82, 2.24) is 0 Å². The molecule has 0 spiro atoms. The van der Waals surface area contributed by atoms with Gasteiger partial charge in [0, 0.05) is 11.1 Å². The molecule has 3 aromatic rings. The van der Waals surface area contributed by atoms with Crippen LogP contribution < -0.4 is 4.74 Å². The van der Waals surface area contributed by atoms with E-state index in [2.05, 4.69) is 0 Å². The molecule has 126 valence electrons. The predicted octanol–water partition coefficient (Wildman–Crippen LogP) is 4.57. The quantitative estimate of drug-likeness (QED) is 0.695. The molecule has 3 nitrogen and oxygen atoms in total. The Morgan fingerprint density at radius 2 is 1.44 bits per heavy atom. The minimum atomic E-state index is -0.949. The van der Waals surface area contributed by atoms with Crippen LogP contribution in [0.3, 0.4) is 0 Å². The largest absolute Gasteiger partial charge is 0.508 e. The van der Waals surface area contributed by atoms with Gasteiger partial charge in [-0.05, 0) is 23.8 Å². The van der Waals surface area contributed by atoms with Gasteiger partial charge in [0.05, 0.1) is 0 Å². The van der Waals surface area contributed by atoms with Crippen LogP contribution in [0.1, 0.15) is 22.8 Å². The van der Waals surface area contributed by atoms with E-state index in [1.165, 1.54) is 0 Å². The fourth-order valence-electron chi connectivity index (χ4n) is 2.61. The zero-order valence-electron chi connectivity index (χ0n) is 13.7. The van der Waals surface area contributed by atoms with Crippen LogP contribution in [0.2, 0.25) is 0 Å². The summed E-state index contributed by atoms with van der Waals surface area (Å²) < 4.78 is 5.81. The van der Waals surface area contributed by atoms with Gasteiger partial charge in [-0.1, -0.05) is 72.8 Å². The third-order valence-electron chi connectivity index (χ3n) is 3.89. The number of ether oxygens (including phenoxy) is 1. The Labute approximate surface area is 147 Å². The fraction of sp³-hybridized carbons (Fsp3) is 0.0909. The molecule has 0 radical (unpaired) electrons. The molecule has 3 rings (SSSR count). The number of aromatic hydroxyl groups is 1. The second kappa shape index (κ2) is 8.18. The molecule has 0 heterocycles. The normalized spacial score (nSPS) is 12.2. The maximum atomic E-state index is 10.6. The van der Waals surface area contributed by atoms with Gasteiger partial charge in [-0.2, -0.15) is 0 Å². The third kappa shape index (κ3) is 4.28. The second-order valence-electron chi connectivity index (χ2n) is 5.62. The lowest BCUT2D eigenvalue weighted by atomic mass is 10.00. The lowest BCUT2D eigenvalue weighted by Crippen LogP contribution is -2.04. The molecule has 2 N–H and O–H groups in total. The summed E-state index contributed by atoms with van der Waals surface area (Å²) in [6.45, 7) is 0.388. The lowest BCUT2D eigenvalue weighted by molar-refractivity contribution is 0.208. The van der Waals surface area contributed by atoms with Crippen LogP contribution in [-0.4, -0.2) is 16.8 Å². The standard InChI is InChI=1S/C22H20O3/c23-20-14-6-4-12-18(20)22(24)19-13-5-7-15-21(19)25-16-8-11-17-9-2-1-3-10-17/h1-15,22-24H,16H2/b11-8+. The van der Waals surface area contributed by atoms with E-state index in [-0.39, 0.29) is 5.75 Å². The maximum absolute atomic E-state index is 10.6. The fourth-order valence-corrected chi connectivity index (χ4v) is 2.61. The van der Waals surface area contributed by atoms with Crippen molar-refractivity contribution in [1.29, 1.82) is 0 Å².